The number of aliphatic hydroxyl groups is 1. The van der Waals surface area contributed by atoms with Crippen molar-refractivity contribution in [1.82, 2.24) is 4.90 Å². The number of aryl methyl sites for hydroxylation is 1. The Kier molecular flexibility index (Phi) is 4.55. The number of rotatable bonds is 5. The second-order valence-electron chi connectivity index (χ2n) is 3.93. The van der Waals surface area contributed by atoms with E-state index in [1.165, 1.54) is 6.26 Å². The van der Waals surface area contributed by atoms with Crippen molar-refractivity contribution in [3.05, 3.63) is 23.7 Å². The van der Waals surface area contributed by atoms with Crippen LogP contribution in [-0.4, -0.2) is 35.1 Å². The normalized spacial score (nSPS) is 10.8. The average Bonchev–Trinajstić information content (AvgIpc) is 2.72. The molecule has 0 spiro atoms. The van der Waals surface area contributed by atoms with Gasteiger partial charge in [0.2, 0.25) is 0 Å². The van der Waals surface area contributed by atoms with Crippen molar-refractivity contribution < 1.29 is 14.3 Å². The maximum Gasteiger partial charge on any atom is 0.257 e. The lowest BCUT2D eigenvalue weighted by Gasteiger charge is -2.25. The molecule has 0 aliphatic carbocycles. The second kappa shape index (κ2) is 5.70. The number of amides is 1. The maximum absolute atomic E-state index is 12.2. The van der Waals surface area contributed by atoms with Gasteiger partial charge in [0.25, 0.3) is 5.91 Å². The van der Waals surface area contributed by atoms with Crippen molar-refractivity contribution in [3.8, 4) is 0 Å². The van der Waals surface area contributed by atoms with Crippen molar-refractivity contribution in [1.29, 1.82) is 0 Å². The topological polar surface area (TPSA) is 53.7 Å². The monoisotopic (exact) mass is 225 g/mol. The summed E-state index contributed by atoms with van der Waals surface area (Å²) in [5.74, 6) is 0.628. The molecule has 0 bridgehead atoms. The lowest BCUT2D eigenvalue weighted by atomic mass is 10.1. The Balaban J connectivity index is 2.90. The van der Waals surface area contributed by atoms with Gasteiger partial charge in [-0.05, 0) is 19.9 Å². The minimum absolute atomic E-state index is 0.0246. The highest BCUT2D eigenvalue weighted by Crippen LogP contribution is 2.15. The Bertz CT molecular complexity index is 344. The van der Waals surface area contributed by atoms with Crippen LogP contribution in [0, 0.1) is 0 Å². The molecule has 1 heterocycles. The van der Waals surface area contributed by atoms with E-state index >= 15 is 0 Å². The molecule has 1 aromatic rings. The molecule has 0 fully saturated rings. The lowest BCUT2D eigenvalue weighted by molar-refractivity contribution is 0.0663. The van der Waals surface area contributed by atoms with Gasteiger partial charge < -0.3 is 14.4 Å². The van der Waals surface area contributed by atoms with Gasteiger partial charge in [0, 0.05) is 19.0 Å². The van der Waals surface area contributed by atoms with E-state index in [2.05, 4.69) is 0 Å². The molecule has 1 rings (SSSR count). The smallest absolute Gasteiger partial charge is 0.257 e. The highest BCUT2D eigenvalue weighted by Gasteiger charge is 2.21. The fourth-order valence-corrected chi connectivity index (χ4v) is 1.66. The Morgan fingerprint density at radius 3 is 2.75 bits per heavy atom. The summed E-state index contributed by atoms with van der Waals surface area (Å²) in [5.41, 5.74) is 0.602. The molecule has 0 atom stereocenters. The first-order valence-corrected chi connectivity index (χ1v) is 5.60. The third-order valence-corrected chi connectivity index (χ3v) is 2.52. The molecule has 1 N–H and O–H groups in total. The van der Waals surface area contributed by atoms with Crippen LogP contribution in [0.25, 0.3) is 0 Å². The molecule has 16 heavy (non-hydrogen) atoms. The zero-order valence-electron chi connectivity index (χ0n) is 10.1. The van der Waals surface area contributed by atoms with Gasteiger partial charge in [-0.25, -0.2) is 0 Å². The minimum atomic E-state index is -0.0744. The fourth-order valence-electron chi connectivity index (χ4n) is 1.66. The van der Waals surface area contributed by atoms with Crippen LogP contribution in [0.2, 0.25) is 0 Å². The van der Waals surface area contributed by atoms with E-state index in [-0.39, 0.29) is 18.6 Å². The van der Waals surface area contributed by atoms with Crippen LogP contribution in [0.5, 0.6) is 0 Å². The number of aliphatic hydroxyl groups excluding tert-OH is 1. The van der Waals surface area contributed by atoms with E-state index in [1.807, 2.05) is 20.8 Å². The zero-order chi connectivity index (χ0) is 12.1. The van der Waals surface area contributed by atoms with Crippen LogP contribution in [0.1, 0.15) is 36.9 Å². The molecule has 0 saturated heterocycles. The van der Waals surface area contributed by atoms with Crippen molar-refractivity contribution in [2.24, 2.45) is 0 Å². The number of hydrogen-bond donors (Lipinski definition) is 1. The summed E-state index contributed by atoms with van der Waals surface area (Å²) in [6, 6.07) is 1.76. The first-order valence-electron chi connectivity index (χ1n) is 5.60. The van der Waals surface area contributed by atoms with E-state index < -0.39 is 0 Å². The zero-order valence-corrected chi connectivity index (χ0v) is 10.1. The third kappa shape index (κ3) is 2.64. The molecule has 0 radical (unpaired) electrons. The van der Waals surface area contributed by atoms with Crippen LogP contribution in [0.4, 0.5) is 0 Å². The van der Waals surface area contributed by atoms with Gasteiger partial charge in [0.1, 0.15) is 5.76 Å². The van der Waals surface area contributed by atoms with Crippen LogP contribution < -0.4 is 0 Å². The summed E-state index contributed by atoms with van der Waals surface area (Å²) >= 11 is 0. The fraction of sp³-hybridized carbons (Fsp3) is 0.583. The average molecular weight is 225 g/mol. The number of furan rings is 1. The quantitative estimate of drug-likeness (QED) is 0.829. The molecule has 0 unspecified atom stereocenters. The lowest BCUT2D eigenvalue weighted by Crippen LogP contribution is -2.39. The predicted molar refractivity (Wildman–Crippen MR) is 61.3 cm³/mol. The second-order valence-corrected chi connectivity index (χ2v) is 3.93. The third-order valence-electron chi connectivity index (χ3n) is 2.52. The summed E-state index contributed by atoms with van der Waals surface area (Å²) < 4.78 is 5.23. The van der Waals surface area contributed by atoms with Crippen LogP contribution in [0.3, 0.4) is 0 Å². The molecule has 4 heteroatoms. The van der Waals surface area contributed by atoms with Gasteiger partial charge in [-0.2, -0.15) is 0 Å². The Labute approximate surface area is 95.9 Å². The van der Waals surface area contributed by atoms with E-state index in [4.69, 9.17) is 9.52 Å². The van der Waals surface area contributed by atoms with Crippen LogP contribution >= 0.6 is 0 Å². The first kappa shape index (κ1) is 12.8. The molecule has 0 aliphatic heterocycles. The minimum Gasteiger partial charge on any atom is -0.469 e. The standard InChI is InChI=1S/C12H19NO3/c1-4-11-10(5-8-16-11)12(15)13(6-7-14)9(2)3/h5,8-9,14H,4,6-7H2,1-3H3. The van der Waals surface area contributed by atoms with E-state index in [0.717, 1.165) is 0 Å². The summed E-state index contributed by atoms with van der Waals surface area (Å²) in [6.07, 6.45) is 2.22. The number of hydrogen-bond acceptors (Lipinski definition) is 3. The van der Waals surface area contributed by atoms with E-state index in [0.29, 0.717) is 24.3 Å². The molecule has 0 saturated carbocycles. The Hall–Kier alpha value is -1.29. The van der Waals surface area contributed by atoms with Crippen molar-refractivity contribution in [2.45, 2.75) is 33.2 Å². The molecule has 90 valence electrons. The van der Waals surface area contributed by atoms with Gasteiger partial charge in [0.15, 0.2) is 0 Å². The molecule has 1 aromatic heterocycles. The van der Waals surface area contributed by atoms with Crippen molar-refractivity contribution >= 4 is 5.91 Å². The maximum atomic E-state index is 12.2. The van der Waals surface area contributed by atoms with Gasteiger partial charge >= 0.3 is 0 Å². The number of carbonyl (C=O) groups excluding carboxylic acids is 1. The molecule has 0 aromatic carbocycles. The van der Waals surface area contributed by atoms with Crippen molar-refractivity contribution in [3.63, 3.8) is 0 Å². The first-order chi connectivity index (χ1) is 7.61. The van der Waals surface area contributed by atoms with Crippen molar-refractivity contribution in [2.75, 3.05) is 13.2 Å². The number of carbonyl (C=O) groups is 1. The SMILES string of the molecule is CCc1occc1C(=O)N(CCO)C(C)C. The summed E-state index contributed by atoms with van der Waals surface area (Å²) in [7, 11) is 0. The summed E-state index contributed by atoms with van der Waals surface area (Å²) in [4.78, 5) is 13.8. The van der Waals surface area contributed by atoms with E-state index in [9.17, 15) is 4.79 Å². The molecule has 1 amide bonds. The number of nitrogens with zero attached hydrogens (tertiary/aromatic N) is 1. The van der Waals surface area contributed by atoms with Gasteiger partial charge in [-0.3, -0.25) is 4.79 Å². The predicted octanol–water partition coefficient (Wildman–Crippen LogP) is 1.68. The molecular formula is C12H19NO3. The Morgan fingerprint density at radius 2 is 2.25 bits per heavy atom. The molecule has 0 aliphatic rings. The van der Waals surface area contributed by atoms with Gasteiger partial charge in [-0.1, -0.05) is 6.92 Å². The van der Waals surface area contributed by atoms with E-state index in [1.54, 1.807) is 11.0 Å². The van der Waals surface area contributed by atoms with Gasteiger partial charge in [0.05, 0.1) is 18.4 Å². The van der Waals surface area contributed by atoms with Crippen LogP contribution in [-0.2, 0) is 6.42 Å². The summed E-state index contributed by atoms with van der Waals surface area (Å²) in [6.45, 7) is 6.13. The van der Waals surface area contributed by atoms with Gasteiger partial charge in [-0.15, -0.1) is 0 Å². The molecule has 4 nitrogen and oxygen atoms in total. The van der Waals surface area contributed by atoms with Crippen LogP contribution in [0.15, 0.2) is 16.7 Å². The largest absolute Gasteiger partial charge is 0.469 e. The summed E-state index contributed by atoms with van der Waals surface area (Å²) in [5, 5.41) is 8.94. The highest BCUT2D eigenvalue weighted by molar-refractivity contribution is 5.95. The Morgan fingerprint density at radius 1 is 1.56 bits per heavy atom. The molecular weight excluding hydrogens is 206 g/mol. The highest BCUT2D eigenvalue weighted by atomic mass is 16.3.